The Morgan fingerprint density at radius 2 is 2.20 bits per heavy atom. The van der Waals surface area contributed by atoms with E-state index in [2.05, 4.69) is 4.98 Å². The van der Waals surface area contributed by atoms with Crippen molar-refractivity contribution in [1.29, 1.82) is 0 Å². The van der Waals surface area contributed by atoms with Crippen LogP contribution >= 0.6 is 0 Å². The average Bonchev–Trinajstić information content (AvgIpc) is 2.76. The fourth-order valence-corrected chi connectivity index (χ4v) is 2.35. The number of hydrogen-bond acceptors (Lipinski definition) is 6. The van der Waals surface area contributed by atoms with Crippen molar-refractivity contribution < 1.29 is 19.2 Å². The molecule has 0 saturated heterocycles. The van der Waals surface area contributed by atoms with Crippen molar-refractivity contribution >= 4 is 5.78 Å². The highest BCUT2D eigenvalue weighted by Gasteiger charge is 2.46. The Labute approximate surface area is 115 Å². The van der Waals surface area contributed by atoms with E-state index in [-0.39, 0.29) is 11.5 Å². The van der Waals surface area contributed by atoms with Gasteiger partial charge in [-0.3, -0.25) is 19.9 Å². The lowest BCUT2D eigenvalue weighted by molar-refractivity contribution is -0.570. The summed E-state index contributed by atoms with van der Waals surface area (Å²) in [4.78, 5) is 26.3. The molecule has 7 heteroatoms. The maximum atomic E-state index is 11.8. The molecule has 0 amide bonds. The van der Waals surface area contributed by atoms with Crippen LogP contribution in [0.3, 0.4) is 0 Å². The summed E-state index contributed by atoms with van der Waals surface area (Å²) in [5, 5.41) is 11.1. The first-order chi connectivity index (χ1) is 9.45. The Balaban J connectivity index is 2.52. The van der Waals surface area contributed by atoms with Crippen LogP contribution in [0.4, 0.5) is 0 Å². The third-order valence-corrected chi connectivity index (χ3v) is 3.19. The number of nitro groups is 1. The maximum absolute atomic E-state index is 11.8. The minimum atomic E-state index is -1.32. The second kappa shape index (κ2) is 5.28. The zero-order valence-electron chi connectivity index (χ0n) is 11.3. The molecular formula is C13H14N2O5. The first kappa shape index (κ1) is 14.0. The smallest absolute Gasteiger partial charge is 0.364 e. The normalized spacial score (nSPS) is 21.6. The summed E-state index contributed by atoms with van der Waals surface area (Å²) >= 11 is 0. The van der Waals surface area contributed by atoms with Gasteiger partial charge in [-0.2, -0.15) is 0 Å². The molecule has 2 atom stereocenters. The highest BCUT2D eigenvalue weighted by Crippen LogP contribution is 2.40. The number of aromatic nitrogens is 1. The third-order valence-electron chi connectivity index (χ3n) is 3.19. The number of pyridine rings is 1. The number of carbonyl (C=O) groups excluding carboxylic acids is 1. The van der Waals surface area contributed by atoms with E-state index < -0.39 is 17.1 Å². The quantitative estimate of drug-likeness (QED) is 0.614. The molecule has 0 radical (unpaired) electrons. The van der Waals surface area contributed by atoms with E-state index in [1.165, 1.54) is 26.4 Å². The molecule has 0 fully saturated rings. The van der Waals surface area contributed by atoms with Gasteiger partial charge in [0.25, 0.3) is 0 Å². The highest BCUT2D eigenvalue weighted by atomic mass is 16.7. The van der Waals surface area contributed by atoms with Gasteiger partial charge in [-0.25, -0.2) is 0 Å². The predicted molar refractivity (Wildman–Crippen MR) is 68.8 cm³/mol. The van der Waals surface area contributed by atoms with Crippen LogP contribution in [0.15, 0.2) is 29.8 Å². The van der Waals surface area contributed by atoms with Gasteiger partial charge in [-0.1, -0.05) is 0 Å². The number of nitrogens with zero attached hydrogens (tertiary/aromatic N) is 2. The summed E-state index contributed by atoms with van der Waals surface area (Å²) in [6, 6.07) is 1.62. The van der Waals surface area contributed by atoms with E-state index in [1.807, 2.05) is 0 Å². The number of ether oxygens (including phenoxy) is 2. The van der Waals surface area contributed by atoms with Crippen LogP contribution in [0.5, 0.6) is 5.75 Å². The van der Waals surface area contributed by atoms with Gasteiger partial charge in [0.1, 0.15) is 17.4 Å². The second-order valence-electron chi connectivity index (χ2n) is 4.46. The zero-order chi connectivity index (χ0) is 14.9. The molecule has 1 aliphatic heterocycles. The van der Waals surface area contributed by atoms with Gasteiger partial charge in [-0.05, 0) is 25.5 Å². The van der Waals surface area contributed by atoms with E-state index in [0.29, 0.717) is 16.9 Å². The average molecular weight is 278 g/mol. The summed E-state index contributed by atoms with van der Waals surface area (Å²) in [5.41, 5.74) is 0.829. The molecule has 1 aromatic heterocycles. The van der Waals surface area contributed by atoms with Gasteiger partial charge in [-0.15, -0.1) is 0 Å². The number of ketones is 1. The number of Topliss-reactive ketones (excluding diaryl/α,β-unsaturated/α-hetero) is 1. The van der Waals surface area contributed by atoms with Gasteiger partial charge >= 0.3 is 6.23 Å². The molecule has 0 aliphatic carbocycles. The van der Waals surface area contributed by atoms with Crippen LogP contribution in [0.1, 0.15) is 25.3 Å². The molecule has 0 N–H and O–H groups in total. The largest absolute Gasteiger partial charge is 0.495 e. The highest BCUT2D eigenvalue weighted by molar-refractivity contribution is 5.95. The fraction of sp³-hybridized carbons (Fsp3) is 0.385. The minimum Gasteiger partial charge on any atom is -0.495 e. The van der Waals surface area contributed by atoms with Gasteiger partial charge in [0.2, 0.25) is 0 Å². The zero-order valence-corrected chi connectivity index (χ0v) is 11.3. The van der Waals surface area contributed by atoms with Crippen LogP contribution in [-0.2, 0) is 9.53 Å². The predicted octanol–water partition coefficient (Wildman–Crippen LogP) is 1.67. The van der Waals surface area contributed by atoms with Crippen molar-refractivity contribution in [3.63, 3.8) is 0 Å². The molecular weight excluding hydrogens is 264 g/mol. The molecule has 2 heterocycles. The molecule has 0 saturated carbocycles. The summed E-state index contributed by atoms with van der Waals surface area (Å²) in [5.74, 6) is -0.270. The standard InChI is InChI=1S/C13H14N2O5/c1-7(16)11-8(2)20-13(15(17)18)12(11)9-4-10(19-3)6-14-5-9/h4-6,12-13H,1-3H3. The van der Waals surface area contributed by atoms with E-state index in [1.54, 1.807) is 13.0 Å². The van der Waals surface area contributed by atoms with Crippen LogP contribution in [-0.4, -0.2) is 29.0 Å². The van der Waals surface area contributed by atoms with E-state index >= 15 is 0 Å². The second-order valence-corrected chi connectivity index (χ2v) is 4.46. The number of hydrogen-bond donors (Lipinski definition) is 0. The minimum absolute atomic E-state index is 0.250. The fourth-order valence-electron chi connectivity index (χ4n) is 2.35. The Bertz CT molecular complexity index is 596. The monoisotopic (exact) mass is 278 g/mol. The first-order valence-electron chi connectivity index (χ1n) is 5.96. The molecule has 1 aromatic rings. The van der Waals surface area contributed by atoms with E-state index in [0.717, 1.165) is 0 Å². The van der Waals surface area contributed by atoms with Crippen LogP contribution < -0.4 is 4.74 Å². The molecule has 20 heavy (non-hydrogen) atoms. The van der Waals surface area contributed by atoms with Gasteiger partial charge < -0.3 is 9.47 Å². The van der Waals surface area contributed by atoms with Crippen molar-refractivity contribution in [3.8, 4) is 5.75 Å². The summed E-state index contributed by atoms with van der Waals surface area (Å²) in [7, 11) is 1.48. The SMILES string of the molecule is COc1cncc(C2C(C(C)=O)=C(C)OC2[N+](=O)[O-])c1. The summed E-state index contributed by atoms with van der Waals surface area (Å²) < 4.78 is 10.3. The van der Waals surface area contributed by atoms with E-state index in [9.17, 15) is 14.9 Å². The lowest BCUT2D eigenvalue weighted by atomic mass is 9.89. The number of carbonyl (C=O) groups is 1. The van der Waals surface area contributed by atoms with Crippen LogP contribution in [0.25, 0.3) is 0 Å². The molecule has 0 aromatic carbocycles. The first-order valence-corrected chi connectivity index (χ1v) is 5.96. The third kappa shape index (κ3) is 2.34. The van der Waals surface area contributed by atoms with Crippen molar-refractivity contribution in [2.75, 3.05) is 7.11 Å². The van der Waals surface area contributed by atoms with Crippen molar-refractivity contribution in [1.82, 2.24) is 4.98 Å². The molecule has 0 spiro atoms. The lowest BCUT2D eigenvalue weighted by Gasteiger charge is -2.14. The number of rotatable bonds is 4. The van der Waals surface area contributed by atoms with Crippen molar-refractivity contribution in [2.45, 2.75) is 26.0 Å². The molecule has 2 rings (SSSR count). The summed E-state index contributed by atoms with van der Waals surface area (Å²) in [6.07, 6.45) is 1.65. The van der Waals surface area contributed by atoms with Crippen molar-refractivity contribution in [2.24, 2.45) is 0 Å². The molecule has 106 valence electrons. The number of allylic oxidation sites excluding steroid dienone is 1. The number of methoxy groups -OCH3 is 1. The van der Waals surface area contributed by atoms with E-state index in [4.69, 9.17) is 9.47 Å². The molecule has 2 unspecified atom stereocenters. The molecule has 7 nitrogen and oxygen atoms in total. The van der Waals surface area contributed by atoms with Gasteiger partial charge in [0, 0.05) is 6.20 Å². The Morgan fingerprint density at radius 1 is 1.50 bits per heavy atom. The molecule has 0 bridgehead atoms. The van der Waals surface area contributed by atoms with Gasteiger partial charge in [0.05, 0.1) is 23.8 Å². The lowest BCUT2D eigenvalue weighted by Crippen LogP contribution is -2.27. The Kier molecular flexibility index (Phi) is 3.69. The topological polar surface area (TPSA) is 91.6 Å². The Morgan fingerprint density at radius 3 is 2.75 bits per heavy atom. The van der Waals surface area contributed by atoms with Crippen LogP contribution in [0, 0.1) is 10.1 Å². The van der Waals surface area contributed by atoms with Gasteiger partial charge in [0.15, 0.2) is 5.78 Å². The van der Waals surface area contributed by atoms with Crippen LogP contribution in [0.2, 0.25) is 0 Å². The summed E-state index contributed by atoms with van der Waals surface area (Å²) in [6.45, 7) is 2.92. The van der Waals surface area contributed by atoms with Crippen molar-refractivity contribution in [3.05, 3.63) is 45.5 Å². The maximum Gasteiger partial charge on any atom is 0.364 e. The molecule has 1 aliphatic rings. The Hall–Kier alpha value is -2.44.